The summed E-state index contributed by atoms with van der Waals surface area (Å²) in [5.74, 6) is 0. The van der Waals surface area contributed by atoms with E-state index in [-0.39, 0.29) is 0 Å². The summed E-state index contributed by atoms with van der Waals surface area (Å²) in [6.07, 6.45) is 2.01. The smallest absolute Gasteiger partial charge is 0.133 e. The fourth-order valence-corrected chi connectivity index (χ4v) is 5.85. The first-order chi connectivity index (χ1) is 11.4. The number of hydrogen-bond acceptors (Lipinski definition) is 4. The van der Waals surface area contributed by atoms with Crippen LogP contribution in [0.25, 0.3) is 39.8 Å². The highest BCUT2D eigenvalue weighted by atomic mass is 32.1. The van der Waals surface area contributed by atoms with Crippen molar-refractivity contribution in [2.24, 2.45) is 0 Å². The van der Waals surface area contributed by atoms with E-state index in [0.29, 0.717) is 0 Å². The SMILES string of the molecule is c1ccc2sc(-c3cnc(-c4cc5ccccc5s4)s3)cc2c1. The van der Waals surface area contributed by atoms with Crippen molar-refractivity contribution in [1.82, 2.24) is 4.98 Å². The molecule has 0 N–H and O–H groups in total. The molecule has 0 spiro atoms. The molecule has 3 aromatic heterocycles. The Bertz CT molecular complexity index is 975. The number of thiophene rings is 2. The molecule has 0 aliphatic heterocycles. The van der Waals surface area contributed by atoms with Gasteiger partial charge in [-0.15, -0.1) is 34.0 Å². The normalized spacial score (nSPS) is 11.5. The molecular formula is C19H11NS3. The van der Waals surface area contributed by atoms with E-state index in [1.807, 2.05) is 28.9 Å². The molecule has 0 radical (unpaired) electrons. The van der Waals surface area contributed by atoms with Gasteiger partial charge in [0.05, 0.1) is 9.75 Å². The van der Waals surface area contributed by atoms with Gasteiger partial charge in [-0.2, -0.15) is 0 Å². The third-order valence-electron chi connectivity index (χ3n) is 3.81. The monoisotopic (exact) mass is 349 g/mol. The van der Waals surface area contributed by atoms with Crippen LogP contribution in [0, 0.1) is 0 Å². The van der Waals surface area contributed by atoms with Crippen molar-refractivity contribution < 1.29 is 0 Å². The zero-order valence-electron chi connectivity index (χ0n) is 12.0. The summed E-state index contributed by atoms with van der Waals surface area (Å²) in [7, 11) is 0. The second kappa shape index (κ2) is 5.27. The number of fused-ring (bicyclic) bond motifs is 2. The molecule has 0 saturated heterocycles. The van der Waals surface area contributed by atoms with Crippen molar-refractivity contribution in [2.75, 3.05) is 0 Å². The van der Waals surface area contributed by atoms with E-state index in [0.717, 1.165) is 5.01 Å². The average molecular weight is 350 g/mol. The first-order valence-electron chi connectivity index (χ1n) is 7.30. The maximum absolute atomic E-state index is 4.66. The van der Waals surface area contributed by atoms with Crippen LogP contribution in [-0.4, -0.2) is 4.98 Å². The van der Waals surface area contributed by atoms with E-state index in [4.69, 9.17) is 0 Å². The molecule has 2 aromatic carbocycles. The molecule has 0 saturated carbocycles. The highest BCUT2D eigenvalue weighted by molar-refractivity contribution is 7.29. The van der Waals surface area contributed by atoms with Crippen LogP contribution < -0.4 is 0 Å². The van der Waals surface area contributed by atoms with Gasteiger partial charge in [0, 0.05) is 20.5 Å². The summed E-state index contributed by atoms with van der Waals surface area (Å²) in [6.45, 7) is 0. The molecule has 0 atom stereocenters. The Morgan fingerprint density at radius 2 is 1.22 bits per heavy atom. The van der Waals surface area contributed by atoms with Gasteiger partial charge in [0.25, 0.3) is 0 Å². The van der Waals surface area contributed by atoms with Crippen molar-refractivity contribution in [1.29, 1.82) is 0 Å². The summed E-state index contributed by atoms with van der Waals surface area (Å²) in [4.78, 5) is 8.47. The van der Waals surface area contributed by atoms with Gasteiger partial charge in [-0.25, -0.2) is 4.98 Å². The molecule has 110 valence electrons. The molecule has 3 heterocycles. The van der Waals surface area contributed by atoms with Crippen LogP contribution in [0.5, 0.6) is 0 Å². The third kappa shape index (κ3) is 2.30. The van der Waals surface area contributed by atoms with Crippen molar-refractivity contribution >= 4 is 54.2 Å². The second-order valence-corrected chi connectivity index (χ2v) is 8.52. The molecule has 0 aliphatic carbocycles. The quantitative estimate of drug-likeness (QED) is 0.337. The molecular weight excluding hydrogens is 338 g/mol. The van der Waals surface area contributed by atoms with Gasteiger partial charge in [-0.3, -0.25) is 0 Å². The lowest BCUT2D eigenvalue weighted by Gasteiger charge is -1.87. The van der Waals surface area contributed by atoms with Gasteiger partial charge in [0.15, 0.2) is 0 Å². The Labute approximate surface area is 145 Å². The maximum atomic E-state index is 4.66. The van der Waals surface area contributed by atoms with Gasteiger partial charge in [-0.1, -0.05) is 36.4 Å². The van der Waals surface area contributed by atoms with Gasteiger partial charge in [-0.05, 0) is 35.0 Å². The molecule has 0 fully saturated rings. The number of benzene rings is 2. The van der Waals surface area contributed by atoms with Gasteiger partial charge in [0.2, 0.25) is 0 Å². The molecule has 0 bridgehead atoms. The fraction of sp³-hybridized carbons (Fsp3) is 0. The van der Waals surface area contributed by atoms with Crippen molar-refractivity contribution in [3.63, 3.8) is 0 Å². The van der Waals surface area contributed by atoms with Gasteiger partial charge >= 0.3 is 0 Å². The molecule has 1 nitrogen and oxygen atoms in total. The first kappa shape index (κ1) is 13.4. The number of rotatable bonds is 2. The predicted octanol–water partition coefficient (Wildman–Crippen LogP) is 6.91. The van der Waals surface area contributed by atoms with E-state index in [9.17, 15) is 0 Å². The van der Waals surface area contributed by atoms with Crippen LogP contribution >= 0.6 is 34.0 Å². The molecule has 4 heteroatoms. The van der Waals surface area contributed by atoms with Gasteiger partial charge < -0.3 is 0 Å². The van der Waals surface area contributed by atoms with Crippen LogP contribution in [-0.2, 0) is 0 Å². The first-order valence-corrected chi connectivity index (χ1v) is 9.75. The van der Waals surface area contributed by atoms with E-state index in [1.54, 1.807) is 11.3 Å². The zero-order valence-corrected chi connectivity index (χ0v) is 14.5. The Balaban J connectivity index is 1.59. The molecule has 0 unspecified atom stereocenters. The van der Waals surface area contributed by atoms with Crippen LogP contribution in [0.1, 0.15) is 0 Å². The lowest BCUT2D eigenvalue weighted by atomic mass is 10.2. The van der Waals surface area contributed by atoms with Crippen molar-refractivity contribution in [2.45, 2.75) is 0 Å². The zero-order chi connectivity index (χ0) is 15.2. The second-order valence-electron chi connectivity index (χ2n) is 5.33. The average Bonchev–Trinajstić information content (AvgIpc) is 3.30. The van der Waals surface area contributed by atoms with Crippen molar-refractivity contribution in [3.05, 3.63) is 66.9 Å². The lowest BCUT2D eigenvalue weighted by molar-refractivity contribution is 1.43. The number of hydrogen-bond donors (Lipinski definition) is 0. The summed E-state index contributed by atoms with van der Waals surface area (Å²) in [6, 6.07) is 21.6. The molecule has 0 aliphatic rings. The maximum Gasteiger partial charge on any atom is 0.133 e. The number of nitrogens with zero attached hydrogens (tertiary/aromatic N) is 1. The summed E-state index contributed by atoms with van der Waals surface area (Å²) in [5.41, 5.74) is 0. The minimum atomic E-state index is 1.11. The molecule has 0 amide bonds. The highest BCUT2D eigenvalue weighted by Crippen LogP contribution is 2.41. The van der Waals surface area contributed by atoms with E-state index < -0.39 is 0 Å². The highest BCUT2D eigenvalue weighted by Gasteiger charge is 2.11. The summed E-state index contributed by atoms with van der Waals surface area (Å²) < 4.78 is 2.65. The van der Waals surface area contributed by atoms with Crippen molar-refractivity contribution in [3.8, 4) is 19.6 Å². The Kier molecular flexibility index (Phi) is 3.08. The summed E-state index contributed by atoms with van der Waals surface area (Å²) in [5, 5.41) is 3.72. The number of aromatic nitrogens is 1. The fourth-order valence-electron chi connectivity index (χ4n) is 2.69. The topological polar surface area (TPSA) is 12.9 Å². The van der Waals surface area contributed by atoms with E-state index >= 15 is 0 Å². The van der Waals surface area contributed by atoms with Crippen LogP contribution in [0.3, 0.4) is 0 Å². The molecule has 23 heavy (non-hydrogen) atoms. The van der Waals surface area contributed by atoms with Crippen LogP contribution in [0.2, 0.25) is 0 Å². The van der Waals surface area contributed by atoms with Crippen LogP contribution in [0.15, 0.2) is 66.9 Å². The minimum absolute atomic E-state index is 1.11. The molecule has 5 rings (SSSR count). The largest absolute Gasteiger partial charge is 0.243 e. The Morgan fingerprint density at radius 3 is 1.91 bits per heavy atom. The molecule has 5 aromatic rings. The third-order valence-corrected chi connectivity index (χ3v) is 7.40. The predicted molar refractivity (Wildman–Crippen MR) is 104 cm³/mol. The minimum Gasteiger partial charge on any atom is -0.243 e. The number of thiazole rings is 1. The Hall–Kier alpha value is -2.01. The summed E-state index contributed by atoms with van der Waals surface area (Å²) >= 11 is 5.43. The van der Waals surface area contributed by atoms with E-state index in [2.05, 4.69) is 65.6 Å². The van der Waals surface area contributed by atoms with Gasteiger partial charge in [0.1, 0.15) is 5.01 Å². The lowest BCUT2D eigenvalue weighted by Crippen LogP contribution is -1.64. The standard InChI is InChI=1S/C19H11NS3/c1-3-7-14-12(5-1)9-16(21-14)18-11-20-19(23-18)17-10-13-6-2-4-8-15(13)22-17/h1-11H. The van der Waals surface area contributed by atoms with E-state index in [1.165, 1.54) is 34.8 Å². The van der Waals surface area contributed by atoms with Crippen LogP contribution in [0.4, 0.5) is 0 Å². The Morgan fingerprint density at radius 1 is 0.609 bits per heavy atom.